The van der Waals surface area contributed by atoms with Crippen LogP contribution < -0.4 is 10.9 Å². The molecule has 0 amide bonds. The number of fused-ring (bicyclic) bond motifs is 2. The maximum atomic E-state index is 14.2. The molecule has 0 aliphatic heterocycles. The number of hydrogen-bond acceptors (Lipinski definition) is 5. The minimum Gasteiger partial charge on any atom is -0.506 e. The molecule has 0 fully saturated rings. The Morgan fingerprint density at radius 3 is 2.61 bits per heavy atom. The molecule has 176 valence electrons. The van der Waals surface area contributed by atoms with Crippen molar-refractivity contribution in [1.29, 1.82) is 0 Å². The van der Waals surface area contributed by atoms with E-state index in [1.54, 1.807) is 18.2 Å². The molecule has 0 saturated carbocycles. The van der Waals surface area contributed by atoms with Crippen LogP contribution in [0.15, 0.2) is 41.3 Å². The van der Waals surface area contributed by atoms with Crippen molar-refractivity contribution in [1.82, 2.24) is 9.78 Å². The number of benzene rings is 2. The first kappa shape index (κ1) is 23.4. The second-order valence-corrected chi connectivity index (χ2v) is 9.52. The normalized spacial score (nSPS) is 22.2. The van der Waals surface area contributed by atoms with Gasteiger partial charge in [0, 0.05) is 36.1 Å². The Labute approximate surface area is 192 Å². The van der Waals surface area contributed by atoms with E-state index >= 15 is 0 Å². The highest BCUT2D eigenvalue weighted by atomic mass is 35.5. The van der Waals surface area contributed by atoms with Gasteiger partial charge in [-0.3, -0.25) is 4.79 Å². The maximum Gasteiger partial charge on any atom is 0.417 e. The van der Waals surface area contributed by atoms with Gasteiger partial charge in [-0.25, -0.2) is 4.68 Å². The predicted octanol–water partition coefficient (Wildman–Crippen LogP) is 4.46. The van der Waals surface area contributed by atoms with E-state index in [4.69, 9.17) is 11.6 Å². The van der Waals surface area contributed by atoms with E-state index in [0.29, 0.717) is 16.5 Å². The van der Waals surface area contributed by atoms with Crippen LogP contribution in [0.25, 0.3) is 10.8 Å². The molecule has 3 N–H and O–H groups in total. The molecule has 1 aliphatic carbocycles. The minimum atomic E-state index is -4.93. The Balaban J connectivity index is 1.83. The summed E-state index contributed by atoms with van der Waals surface area (Å²) >= 11 is 6.06. The molecular formula is C23H23ClF3N3O3. The van der Waals surface area contributed by atoms with Crippen molar-refractivity contribution in [3.63, 3.8) is 0 Å². The molecule has 3 aromatic rings. The van der Waals surface area contributed by atoms with Gasteiger partial charge in [0.05, 0.1) is 16.6 Å². The topological polar surface area (TPSA) is 87.4 Å². The molecule has 4 rings (SSSR count). The zero-order chi connectivity index (χ0) is 24.3. The van der Waals surface area contributed by atoms with Gasteiger partial charge in [0.2, 0.25) is 0 Å². The van der Waals surface area contributed by atoms with Crippen LogP contribution in [0.2, 0.25) is 5.02 Å². The lowest BCUT2D eigenvalue weighted by Crippen LogP contribution is -2.58. The fourth-order valence-electron chi connectivity index (χ4n) is 4.93. The number of halogens is 4. The fraction of sp³-hybridized carbons (Fsp3) is 0.391. The number of nitrogens with one attached hydrogen (secondary N) is 1. The average molecular weight is 482 g/mol. The summed E-state index contributed by atoms with van der Waals surface area (Å²) in [5.74, 6) is -1.73. The van der Waals surface area contributed by atoms with Gasteiger partial charge in [-0.2, -0.15) is 18.3 Å². The monoisotopic (exact) mass is 481 g/mol. The molecule has 6 nitrogen and oxygen atoms in total. The van der Waals surface area contributed by atoms with Crippen LogP contribution in [0.1, 0.15) is 37.3 Å². The molecule has 10 heteroatoms. The number of aliphatic hydroxyl groups is 1. The van der Waals surface area contributed by atoms with E-state index in [0.717, 1.165) is 0 Å². The van der Waals surface area contributed by atoms with Gasteiger partial charge < -0.3 is 15.5 Å². The number of phenols is 1. The smallest absolute Gasteiger partial charge is 0.417 e. The summed E-state index contributed by atoms with van der Waals surface area (Å²) < 4.78 is 43.9. The Morgan fingerprint density at radius 1 is 1.24 bits per heavy atom. The largest absolute Gasteiger partial charge is 0.506 e. The number of rotatable bonds is 3. The van der Waals surface area contributed by atoms with Crippen LogP contribution in [0.3, 0.4) is 0 Å². The summed E-state index contributed by atoms with van der Waals surface area (Å²) in [6.45, 7) is 2.76. The molecule has 2 aromatic carbocycles. The van der Waals surface area contributed by atoms with Gasteiger partial charge in [-0.05, 0) is 35.6 Å². The summed E-state index contributed by atoms with van der Waals surface area (Å²) in [4.78, 5) is 12.4. The first-order valence-corrected chi connectivity index (χ1v) is 10.7. The quantitative estimate of drug-likeness (QED) is 0.514. The van der Waals surface area contributed by atoms with Gasteiger partial charge in [0.15, 0.2) is 5.60 Å². The van der Waals surface area contributed by atoms with Crippen LogP contribution in [-0.2, 0) is 12.5 Å². The number of alkyl halides is 3. The van der Waals surface area contributed by atoms with E-state index in [1.165, 1.54) is 43.9 Å². The average Bonchev–Trinajstić information content (AvgIpc) is 2.71. The second-order valence-electron chi connectivity index (χ2n) is 9.12. The van der Waals surface area contributed by atoms with E-state index in [2.05, 4.69) is 10.4 Å². The standard InChI is InChI=1S/C23H23ClF3N3O3/c1-21(2)11-22(33,23(25,26)27)15(13-7-8-16(24)19(31)18(13)21)10-28-17-6-4-5-12-14(17)9-29-30(3)20(12)32/h4-9,15,28,31,33H,10-11H2,1-3H3. The van der Waals surface area contributed by atoms with E-state index in [-0.39, 0.29) is 34.0 Å². The lowest BCUT2D eigenvalue weighted by molar-refractivity contribution is -0.277. The summed E-state index contributed by atoms with van der Waals surface area (Å²) in [5.41, 5.74) is -3.74. The SMILES string of the molecule is Cn1ncc2c(NCC3c4ccc(Cl)c(O)c4C(C)(C)CC3(O)C(F)(F)F)cccc2c1=O. The Hall–Kier alpha value is -2.78. The van der Waals surface area contributed by atoms with Crippen molar-refractivity contribution in [2.24, 2.45) is 7.05 Å². The van der Waals surface area contributed by atoms with Crippen molar-refractivity contribution >= 4 is 28.1 Å². The van der Waals surface area contributed by atoms with Crippen molar-refractivity contribution in [2.45, 2.75) is 43.4 Å². The second kappa shape index (κ2) is 7.63. The van der Waals surface area contributed by atoms with Gasteiger partial charge >= 0.3 is 6.18 Å². The summed E-state index contributed by atoms with van der Waals surface area (Å²) in [6, 6.07) is 7.60. The molecular weight excluding hydrogens is 459 g/mol. The summed E-state index contributed by atoms with van der Waals surface area (Å²) in [7, 11) is 1.50. The lowest BCUT2D eigenvalue weighted by atomic mass is 9.61. The number of nitrogens with zero attached hydrogens (tertiary/aromatic N) is 2. The van der Waals surface area contributed by atoms with Crippen molar-refractivity contribution in [2.75, 3.05) is 11.9 Å². The number of aromatic nitrogens is 2. The third-order valence-electron chi connectivity index (χ3n) is 6.48. The van der Waals surface area contributed by atoms with Gasteiger partial charge in [0.25, 0.3) is 5.56 Å². The first-order valence-electron chi connectivity index (χ1n) is 10.3. The van der Waals surface area contributed by atoms with Crippen LogP contribution in [0.5, 0.6) is 5.75 Å². The minimum absolute atomic E-state index is 0.0296. The van der Waals surface area contributed by atoms with E-state index in [1.807, 2.05) is 0 Å². The van der Waals surface area contributed by atoms with Crippen LogP contribution in [0.4, 0.5) is 18.9 Å². The van der Waals surface area contributed by atoms with Gasteiger partial charge in [-0.1, -0.05) is 37.6 Å². The van der Waals surface area contributed by atoms with E-state index in [9.17, 15) is 28.2 Å². The molecule has 0 radical (unpaired) electrons. The molecule has 2 unspecified atom stereocenters. The molecule has 1 aromatic heterocycles. The number of hydrogen-bond donors (Lipinski definition) is 3. The number of aryl methyl sites for hydroxylation is 1. The molecule has 0 spiro atoms. The van der Waals surface area contributed by atoms with Crippen molar-refractivity contribution in [3.8, 4) is 5.75 Å². The third-order valence-corrected chi connectivity index (χ3v) is 6.78. The molecule has 0 bridgehead atoms. The Bertz CT molecular complexity index is 1310. The van der Waals surface area contributed by atoms with Crippen molar-refractivity contribution in [3.05, 3.63) is 63.0 Å². The lowest BCUT2D eigenvalue weighted by Gasteiger charge is -2.49. The Kier molecular flexibility index (Phi) is 5.41. The highest BCUT2D eigenvalue weighted by Crippen LogP contribution is 2.57. The summed E-state index contributed by atoms with van der Waals surface area (Å²) in [6.07, 6.45) is -4.13. The fourth-order valence-corrected chi connectivity index (χ4v) is 5.09. The predicted molar refractivity (Wildman–Crippen MR) is 120 cm³/mol. The Morgan fingerprint density at radius 2 is 1.94 bits per heavy atom. The molecule has 33 heavy (non-hydrogen) atoms. The maximum absolute atomic E-state index is 14.2. The van der Waals surface area contributed by atoms with Crippen LogP contribution >= 0.6 is 11.6 Å². The molecule has 1 heterocycles. The van der Waals surface area contributed by atoms with Gasteiger partial charge in [-0.15, -0.1) is 0 Å². The molecule has 2 atom stereocenters. The zero-order valence-electron chi connectivity index (χ0n) is 18.2. The first-order chi connectivity index (χ1) is 15.3. The number of aromatic hydroxyl groups is 1. The molecule has 1 aliphatic rings. The molecule has 0 saturated heterocycles. The third kappa shape index (κ3) is 3.63. The van der Waals surface area contributed by atoms with Crippen LogP contribution in [-0.4, -0.2) is 38.3 Å². The summed E-state index contributed by atoms with van der Waals surface area (Å²) in [5, 5.41) is 29.4. The van der Waals surface area contributed by atoms with Crippen molar-refractivity contribution < 1.29 is 23.4 Å². The van der Waals surface area contributed by atoms with Gasteiger partial charge in [0.1, 0.15) is 5.75 Å². The van der Waals surface area contributed by atoms with E-state index < -0.39 is 29.5 Å². The zero-order valence-corrected chi connectivity index (χ0v) is 18.9. The highest BCUT2D eigenvalue weighted by Gasteiger charge is 2.63. The number of phenolic OH excluding ortho intramolecular Hbond substituents is 1. The highest BCUT2D eigenvalue weighted by molar-refractivity contribution is 6.32. The number of anilines is 1. The van der Waals surface area contributed by atoms with Crippen LogP contribution in [0, 0.1) is 0 Å².